The van der Waals surface area contributed by atoms with Crippen LogP contribution < -0.4 is 10.1 Å². The number of ether oxygens (including phenoxy) is 1. The molecule has 8 heteroatoms. The predicted octanol–water partition coefficient (Wildman–Crippen LogP) is 2.34. The van der Waals surface area contributed by atoms with Gasteiger partial charge in [-0.2, -0.15) is 0 Å². The third-order valence-electron chi connectivity index (χ3n) is 6.91. The molecule has 1 aromatic carbocycles. The van der Waals surface area contributed by atoms with Crippen molar-refractivity contribution >= 4 is 17.8 Å². The summed E-state index contributed by atoms with van der Waals surface area (Å²) in [7, 11) is 1.55. The van der Waals surface area contributed by atoms with Crippen LogP contribution in [0.4, 0.5) is 4.79 Å². The van der Waals surface area contributed by atoms with Crippen molar-refractivity contribution in [1.29, 1.82) is 0 Å². The summed E-state index contributed by atoms with van der Waals surface area (Å²) in [5.41, 5.74) is -0.290. The summed E-state index contributed by atoms with van der Waals surface area (Å²) < 4.78 is 5.35. The number of likely N-dealkylation sites (tertiary alicyclic amines) is 2. The first kappa shape index (κ1) is 22.6. The molecule has 1 aromatic rings. The van der Waals surface area contributed by atoms with Crippen molar-refractivity contribution in [2.24, 2.45) is 5.92 Å². The highest BCUT2D eigenvalue weighted by atomic mass is 16.5. The van der Waals surface area contributed by atoms with Gasteiger partial charge in [-0.25, -0.2) is 4.79 Å². The monoisotopic (exact) mass is 442 g/mol. The van der Waals surface area contributed by atoms with E-state index in [0.717, 1.165) is 26.1 Å². The smallest absolute Gasteiger partial charge is 0.325 e. The minimum atomic E-state index is -0.792. The van der Waals surface area contributed by atoms with Gasteiger partial charge in [0.25, 0.3) is 11.8 Å². The SMILES string of the molecule is COc1ccccc1C(=O)N1CCC[C@@H](N2C(=O)NC3(CCN(CC(C)C)CC3)C2=O)C1. The number of nitrogens with zero attached hydrogens (tertiary/aromatic N) is 3. The van der Waals surface area contributed by atoms with Gasteiger partial charge in [0.15, 0.2) is 0 Å². The Bertz CT molecular complexity index is 879. The summed E-state index contributed by atoms with van der Waals surface area (Å²) in [6, 6.07) is 6.53. The molecular formula is C24H34N4O4. The van der Waals surface area contributed by atoms with Crippen LogP contribution in [0, 0.1) is 5.92 Å². The van der Waals surface area contributed by atoms with Crippen molar-refractivity contribution in [3.8, 4) is 5.75 Å². The van der Waals surface area contributed by atoms with Gasteiger partial charge in [0.2, 0.25) is 0 Å². The van der Waals surface area contributed by atoms with Crippen molar-refractivity contribution in [3.63, 3.8) is 0 Å². The first-order chi connectivity index (χ1) is 15.3. The average Bonchev–Trinajstić information content (AvgIpc) is 3.03. The van der Waals surface area contributed by atoms with Crippen LogP contribution in [0.15, 0.2) is 24.3 Å². The Labute approximate surface area is 189 Å². The lowest BCUT2D eigenvalue weighted by Crippen LogP contribution is -2.56. The fourth-order valence-corrected chi connectivity index (χ4v) is 5.29. The van der Waals surface area contributed by atoms with E-state index in [2.05, 4.69) is 24.1 Å². The molecule has 0 radical (unpaired) electrons. The summed E-state index contributed by atoms with van der Waals surface area (Å²) >= 11 is 0. The van der Waals surface area contributed by atoms with Gasteiger partial charge in [0.1, 0.15) is 11.3 Å². The van der Waals surface area contributed by atoms with E-state index in [-0.39, 0.29) is 23.9 Å². The van der Waals surface area contributed by atoms with Crippen LogP contribution in [-0.2, 0) is 4.79 Å². The van der Waals surface area contributed by atoms with Crippen LogP contribution >= 0.6 is 0 Å². The van der Waals surface area contributed by atoms with Gasteiger partial charge >= 0.3 is 6.03 Å². The summed E-state index contributed by atoms with van der Waals surface area (Å²) in [6.45, 7) is 7.95. The number of piperidine rings is 2. The molecule has 3 fully saturated rings. The minimum absolute atomic E-state index is 0.122. The molecule has 0 unspecified atom stereocenters. The number of carbonyl (C=O) groups is 3. The molecule has 174 valence electrons. The lowest BCUT2D eigenvalue weighted by Gasteiger charge is -2.39. The number of methoxy groups -OCH3 is 1. The number of amides is 4. The molecule has 8 nitrogen and oxygen atoms in total. The fraction of sp³-hybridized carbons (Fsp3) is 0.625. The summed E-state index contributed by atoms with van der Waals surface area (Å²) in [5.74, 6) is 0.851. The van der Waals surface area contributed by atoms with Crippen molar-refractivity contribution in [2.75, 3.05) is 39.8 Å². The zero-order chi connectivity index (χ0) is 22.9. The number of urea groups is 1. The molecular weight excluding hydrogens is 408 g/mol. The Hall–Kier alpha value is -2.61. The molecule has 3 aliphatic heterocycles. The molecule has 1 atom stereocenters. The molecule has 4 amide bonds. The highest BCUT2D eigenvalue weighted by Crippen LogP contribution is 2.33. The number of nitrogens with one attached hydrogen (secondary N) is 1. The number of imide groups is 1. The van der Waals surface area contributed by atoms with Crippen LogP contribution in [0.3, 0.4) is 0 Å². The van der Waals surface area contributed by atoms with E-state index >= 15 is 0 Å². The third kappa shape index (κ3) is 4.20. The minimum Gasteiger partial charge on any atom is -0.496 e. The van der Waals surface area contributed by atoms with Crippen LogP contribution in [0.25, 0.3) is 0 Å². The quantitative estimate of drug-likeness (QED) is 0.708. The van der Waals surface area contributed by atoms with Crippen molar-refractivity contribution < 1.29 is 19.1 Å². The van der Waals surface area contributed by atoms with Gasteiger partial charge in [0, 0.05) is 32.7 Å². The standard InChI is InChI=1S/C24H34N4O4/c1-17(2)15-26-13-10-24(11-14-26)22(30)28(23(31)25-24)18-7-6-12-27(16-18)21(29)19-8-4-5-9-20(19)32-3/h4-5,8-9,17-18H,6-7,10-16H2,1-3H3,(H,25,31)/t18-/m1/s1. The first-order valence-corrected chi connectivity index (χ1v) is 11.6. The molecule has 0 bridgehead atoms. The Morgan fingerprint density at radius 3 is 2.59 bits per heavy atom. The maximum absolute atomic E-state index is 13.5. The van der Waals surface area contributed by atoms with Gasteiger partial charge in [0.05, 0.1) is 18.7 Å². The van der Waals surface area contributed by atoms with Gasteiger partial charge < -0.3 is 19.9 Å². The third-order valence-corrected chi connectivity index (χ3v) is 6.91. The number of carbonyl (C=O) groups excluding carboxylic acids is 3. The molecule has 4 rings (SSSR count). The summed E-state index contributed by atoms with van der Waals surface area (Å²) in [6.07, 6.45) is 2.73. The molecule has 32 heavy (non-hydrogen) atoms. The highest BCUT2D eigenvalue weighted by Gasteiger charge is 2.54. The van der Waals surface area contributed by atoms with Crippen molar-refractivity contribution in [1.82, 2.24) is 20.0 Å². The zero-order valence-electron chi connectivity index (χ0n) is 19.3. The van der Waals surface area contributed by atoms with Gasteiger partial charge in [-0.3, -0.25) is 14.5 Å². The van der Waals surface area contributed by atoms with Crippen molar-refractivity contribution in [2.45, 2.75) is 51.1 Å². The van der Waals surface area contributed by atoms with Gasteiger partial charge in [-0.1, -0.05) is 26.0 Å². The van der Waals surface area contributed by atoms with E-state index in [0.29, 0.717) is 49.6 Å². The van der Waals surface area contributed by atoms with E-state index in [1.54, 1.807) is 24.1 Å². The normalized spacial score (nSPS) is 23.7. The Balaban J connectivity index is 1.45. The molecule has 0 saturated carbocycles. The lowest BCUT2D eigenvalue weighted by atomic mass is 9.86. The fourth-order valence-electron chi connectivity index (χ4n) is 5.29. The average molecular weight is 443 g/mol. The topological polar surface area (TPSA) is 82.2 Å². The second-order valence-electron chi connectivity index (χ2n) is 9.63. The predicted molar refractivity (Wildman–Crippen MR) is 121 cm³/mol. The van der Waals surface area contributed by atoms with Crippen molar-refractivity contribution in [3.05, 3.63) is 29.8 Å². The van der Waals surface area contributed by atoms with Crippen LogP contribution in [0.2, 0.25) is 0 Å². The first-order valence-electron chi connectivity index (χ1n) is 11.6. The number of benzene rings is 1. The summed E-state index contributed by atoms with van der Waals surface area (Å²) in [5, 5.41) is 3.02. The molecule has 0 aliphatic carbocycles. The maximum atomic E-state index is 13.5. The number of rotatable bonds is 5. The summed E-state index contributed by atoms with van der Waals surface area (Å²) in [4.78, 5) is 45.1. The number of hydrogen-bond acceptors (Lipinski definition) is 5. The van der Waals surface area contributed by atoms with Crippen LogP contribution in [-0.4, -0.2) is 84.0 Å². The van der Waals surface area contributed by atoms with Gasteiger partial charge in [-0.05, 0) is 43.7 Å². The molecule has 3 heterocycles. The molecule has 3 saturated heterocycles. The van der Waals surface area contributed by atoms with E-state index in [9.17, 15) is 14.4 Å². The maximum Gasteiger partial charge on any atom is 0.325 e. The highest BCUT2D eigenvalue weighted by molar-refractivity contribution is 6.07. The Morgan fingerprint density at radius 1 is 1.19 bits per heavy atom. The second-order valence-corrected chi connectivity index (χ2v) is 9.63. The zero-order valence-corrected chi connectivity index (χ0v) is 19.3. The molecule has 0 aromatic heterocycles. The van der Waals surface area contributed by atoms with Crippen LogP contribution in [0.5, 0.6) is 5.75 Å². The largest absolute Gasteiger partial charge is 0.496 e. The number of hydrogen-bond donors (Lipinski definition) is 1. The van der Waals surface area contributed by atoms with E-state index < -0.39 is 5.54 Å². The lowest BCUT2D eigenvalue weighted by molar-refractivity contribution is -0.135. The molecule has 1 spiro atoms. The number of para-hydroxylation sites is 1. The molecule has 3 aliphatic rings. The Morgan fingerprint density at radius 2 is 1.91 bits per heavy atom. The van der Waals surface area contributed by atoms with Crippen LogP contribution in [0.1, 0.15) is 49.9 Å². The van der Waals surface area contributed by atoms with E-state index in [1.165, 1.54) is 4.90 Å². The molecule has 1 N–H and O–H groups in total. The second kappa shape index (κ2) is 9.10. The van der Waals surface area contributed by atoms with E-state index in [1.807, 2.05) is 12.1 Å². The Kier molecular flexibility index (Phi) is 6.42. The van der Waals surface area contributed by atoms with E-state index in [4.69, 9.17) is 4.74 Å². The van der Waals surface area contributed by atoms with Gasteiger partial charge in [-0.15, -0.1) is 0 Å².